The summed E-state index contributed by atoms with van der Waals surface area (Å²) in [5, 5.41) is 10.1. The van der Waals surface area contributed by atoms with E-state index in [0.29, 0.717) is 16.7 Å². The van der Waals surface area contributed by atoms with Crippen LogP contribution >= 0.6 is 24.0 Å². The monoisotopic (exact) mass is 414 g/mol. The summed E-state index contributed by atoms with van der Waals surface area (Å²) in [4.78, 5) is 26.4. The standard InChI is InChI=1S/C18H11FN4O3S2/c19-11-5-2-1-4-10(11)8-14-17(25)23(18(27)28-14)9-15(24)20-12-6-3-7-13-16(12)22-26-21-13/h1-8H,9H2,(H,20,24). The van der Waals surface area contributed by atoms with Crippen molar-refractivity contribution in [2.45, 2.75) is 0 Å². The summed E-state index contributed by atoms with van der Waals surface area (Å²) in [5.74, 6) is -1.35. The summed E-state index contributed by atoms with van der Waals surface area (Å²) in [6.07, 6.45) is 1.42. The fourth-order valence-corrected chi connectivity index (χ4v) is 3.86. The van der Waals surface area contributed by atoms with E-state index in [1.54, 1.807) is 36.4 Å². The van der Waals surface area contributed by atoms with Gasteiger partial charge in [-0.3, -0.25) is 14.5 Å². The van der Waals surface area contributed by atoms with Crippen molar-refractivity contribution in [2.75, 3.05) is 11.9 Å². The van der Waals surface area contributed by atoms with Gasteiger partial charge < -0.3 is 5.32 Å². The second-order valence-electron chi connectivity index (χ2n) is 5.78. The molecule has 10 heteroatoms. The number of hydrogen-bond donors (Lipinski definition) is 1. The molecular formula is C18H11FN4O3S2. The van der Waals surface area contributed by atoms with Gasteiger partial charge >= 0.3 is 0 Å². The Kier molecular flexibility index (Phi) is 4.88. The molecule has 1 aliphatic rings. The molecule has 0 unspecified atom stereocenters. The summed E-state index contributed by atoms with van der Waals surface area (Å²) < 4.78 is 18.7. The molecule has 0 radical (unpaired) electrons. The Morgan fingerprint density at radius 1 is 1.25 bits per heavy atom. The van der Waals surface area contributed by atoms with E-state index in [-0.39, 0.29) is 21.3 Å². The summed E-state index contributed by atoms with van der Waals surface area (Å²) in [6.45, 7) is -0.277. The molecule has 28 heavy (non-hydrogen) atoms. The van der Waals surface area contributed by atoms with E-state index in [9.17, 15) is 14.0 Å². The van der Waals surface area contributed by atoms with Gasteiger partial charge in [0.2, 0.25) is 5.91 Å². The number of fused-ring (bicyclic) bond motifs is 1. The largest absolute Gasteiger partial charge is 0.322 e. The van der Waals surface area contributed by atoms with Crippen LogP contribution in [-0.4, -0.2) is 37.9 Å². The Balaban J connectivity index is 1.49. The minimum absolute atomic E-state index is 0.226. The zero-order valence-corrected chi connectivity index (χ0v) is 15.7. The minimum Gasteiger partial charge on any atom is -0.322 e. The zero-order chi connectivity index (χ0) is 19.7. The first-order chi connectivity index (χ1) is 13.5. The lowest BCUT2D eigenvalue weighted by Crippen LogP contribution is -2.36. The molecule has 0 spiro atoms. The van der Waals surface area contributed by atoms with Crippen molar-refractivity contribution < 1.29 is 18.6 Å². The summed E-state index contributed by atoms with van der Waals surface area (Å²) in [5.41, 5.74) is 1.59. The number of benzene rings is 2. The lowest BCUT2D eigenvalue weighted by molar-refractivity contribution is -0.126. The average molecular weight is 414 g/mol. The molecule has 1 N–H and O–H groups in total. The number of amides is 2. The normalized spacial score (nSPS) is 15.6. The SMILES string of the molecule is O=C(CN1C(=O)C(=Cc2ccccc2F)SC1=S)Nc1cccc2nonc12. The van der Waals surface area contributed by atoms with Crippen LogP contribution in [0.5, 0.6) is 0 Å². The van der Waals surface area contributed by atoms with Crippen LogP contribution in [0.3, 0.4) is 0 Å². The van der Waals surface area contributed by atoms with Crippen molar-refractivity contribution >= 4 is 62.9 Å². The molecule has 7 nitrogen and oxygen atoms in total. The maximum Gasteiger partial charge on any atom is 0.266 e. The Morgan fingerprint density at radius 2 is 2.07 bits per heavy atom. The predicted molar refractivity (Wildman–Crippen MR) is 107 cm³/mol. The number of carbonyl (C=O) groups excluding carboxylic acids is 2. The van der Waals surface area contributed by atoms with E-state index >= 15 is 0 Å². The molecule has 3 aromatic rings. The van der Waals surface area contributed by atoms with Crippen molar-refractivity contribution in [2.24, 2.45) is 0 Å². The highest BCUT2D eigenvalue weighted by atomic mass is 32.2. The topological polar surface area (TPSA) is 88.3 Å². The number of aromatic nitrogens is 2. The van der Waals surface area contributed by atoms with E-state index in [2.05, 4.69) is 20.3 Å². The van der Waals surface area contributed by atoms with Gasteiger partial charge in [0.1, 0.15) is 22.2 Å². The van der Waals surface area contributed by atoms with Crippen LogP contribution in [0.1, 0.15) is 5.56 Å². The fraction of sp³-hybridized carbons (Fsp3) is 0.0556. The van der Waals surface area contributed by atoms with Crippen LogP contribution in [0.2, 0.25) is 0 Å². The molecule has 140 valence electrons. The number of nitrogens with one attached hydrogen (secondary N) is 1. The zero-order valence-electron chi connectivity index (χ0n) is 14.1. The maximum absolute atomic E-state index is 13.8. The Labute approximate surface area is 167 Å². The Bertz CT molecular complexity index is 1140. The van der Waals surface area contributed by atoms with E-state index in [1.165, 1.54) is 17.0 Å². The van der Waals surface area contributed by atoms with Gasteiger partial charge in [0, 0.05) is 5.56 Å². The highest BCUT2D eigenvalue weighted by Crippen LogP contribution is 2.33. The first-order valence-corrected chi connectivity index (χ1v) is 9.26. The van der Waals surface area contributed by atoms with Crippen LogP contribution in [0.4, 0.5) is 10.1 Å². The third kappa shape index (κ3) is 3.51. The quantitative estimate of drug-likeness (QED) is 0.518. The summed E-state index contributed by atoms with van der Waals surface area (Å²) in [6, 6.07) is 11.1. The number of nitrogens with zero attached hydrogens (tertiary/aromatic N) is 3. The summed E-state index contributed by atoms with van der Waals surface area (Å²) in [7, 11) is 0. The van der Waals surface area contributed by atoms with Gasteiger partial charge in [-0.05, 0) is 34.6 Å². The van der Waals surface area contributed by atoms with Crippen molar-refractivity contribution in [1.82, 2.24) is 15.2 Å². The smallest absolute Gasteiger partial charge is 0.266 e. The number of halogens is 1. The van der Waals surface area contributed by atoms with Crippen LogP contribution in [0.15, 0.2) is 52.0 Å². The highest BCUT2D eigenvalue weighted by Gasteiger charge is 2.33. The van der Waals surface area contributed by atoms with Gasteiger partial charge in [-0.2, -0.15) is 0 Å². The van der Waals surface area contributed by atoms with E-state index in [1.807, 2.05) is 0 Å². The molecule has 0 bridgehead atoms. The molecule has 0 atom stereocenters. The van der Waals surface area contributed by atoms with Crippen molar-refractivity contribution in [1.29, 1.82) is 0 Å². The van der Waals surface area contributed by atoms with Crippen LogP contribution in [0.25, 0.3) is 17.1 Å². The maximum atomic E-state index is 13.8. The highest BCUT2D eigenvalue weighted by molar-refractivity contribution is 8.26. The molecule has 1 saturated heterocycles. The van der Waals surface area contributed by atoms with Crippen molar-refractivity contribution in [3.8, 4) is 0 Å². The molecule has 1 aromatic heterocycles. The third-order valence-electron chi connectivity index (χ3n) is 3.93. The first kappa shape index (κ1) is 18.3. The van der Waals surface area contributed by atoms with Gasteiger partial charge in [0.25, 0.3) is 5.91 Å². The minimum atomic E-state index is -0.459. The van der Waals surface area contributed by atoms with Gasteiger partial charge in [0.05, 0.1) is 10.6 Å². The predicted octanol–water partition coefficient (Wildman–Crippen LogP) is 3.20. The number of hydrogen-bond acceptors (Lipinski definition) is 7. The molecule has 2 heterocycles. The van der Waals surface area contributed by atoms with E-state index in [0.717, 1.165) is 11.8 Å². The molecule has 0 saturated carbocycles. The number of thioether (sulfide) groups is 1. The second-order valence-corrected chi connectivity index (χ2v) is 7.45. The second kappa shape index (κ2) is 7.49. The van der Waals surface area contributed by atoms with E-state index < -0.39 is 17.6 Å². The molecule has 2 aromatic carbocycles. The van der Waals surface area contributed by atoms with Gasteiger partial charge in [-0.25, -0.2) is 9.02 Å². The van der Waals surface area contributed by atoms with Crippen molar-refractivity contribution in [3.63, 3.8) is 0 Å². The summed E-state index contributed by atoms with van der Waals surface area (Å²) >= 11 is 6.23. The molecule has 0 aliphatic carbocycles. The average Bonchev–Trinajstić information content (AvgIpc) is 3.25. The first-order valence-electron chi connectivity index (χ1n) is 8.04. The fourth-order valence-electron chi connectivity index (χ4n) is 2.61. The van der Waals surface area contributed by atoms with E-state index in [4.69, 9.17) is 12.2 Å². The lowest BCUT2D eigenvalue weighted by Gasteiger charge is -2.14. The number of carbonyl (C=O) groups is 2. The Hall–Kier alpha value is -3.11. The van der Waals surface area contributed by atoms with Gasteiger partial charge in [-0.1, -0.05) is 48.2 Å². The van der Waals surface area contributed by atoms with Crippen molar-refractivity contribution in [3.05, 3.63) is 58.8 Å². The van der Waals surface area contributed by atoms with Crippen LogP contribution in [0, 0.1) is 5.82 Å². The van der Waals surface area contributed by atoms with Gasteiger partial charge in [-0.15, -0.1) is 0 Å². The lowest BCUT2D eigenvalue weighted by atomic mass is 10.2. The number of thiocarbonyl (C=S) groups is 1. The molecule has 1 fully saturated rings. The number of rotatable bonds is 4. The molecule has 1 aliphatic heterocycles. The molecular weight excluding hydrogens is 403 g/mol. The van der Waals surface area contributed by atoms with Crippen LogP contribution in [-0.2, 0) is 9.59 Å². The van der Waals surface area contributed by atoms with Gasteiger partial charge in [0.15, 0.2) is 5.52 Å². The molecule has 4 rings (SSSR count). The molecule has 2 amide bonds. The van der Waals surface area contributed by atoms with Crippen LogP contribution < -0.4 is 5.32 Å². The third-order valence-corrected chi connectivity index (χ3v) is 5.31. The number of anilines is 1. The Morgan fingerprint density at radius 3 is 2.89 bits per heavy atom.